The van der Waals surface area contributed by atoms with E-state index < -0.39 is 0 Å². The maximum absolute atomic E-state index is 12.7. The van der Waals surface area contributed by atoms with Crippen LogP contribution in [0, 0.1) is 12.3 Å². The van der Waals surface area contributed by atoms with Gasteiger partial charge in [-0.2, -0.15) is 0 Å². The van der Waals surface area contributed by atoms with Gasteiger partial charge in [0.2, 0.25) is 5.91 Å². The summed E-state index contributed by atoms with van der Waals surface area (Å²) in [7, 11) is 1.65. The summed E-state index contributed by atoms with van der Waals surface area (Å²) in [6.07, 6.45) is 0.768. The molecule has 0 spiro atoms. The predicted octanol–water partition coefficient (Wildman–Crippen LogP) is 3.39. The van der Waals surface area contributed by atoms with Gasteiger partial charge in [-0.3, -0.25) is 4.79 Å². The van der Waals surface area contributed by atoms with Crippen LogP contribution < -0.4 is 4.74 Å². The first-order valence-electron chi connectivity index (χ1n) is 8.60. The Bertz CT molecular complexity index is 792. The van der Waals surface area contributed by atoms with Crippen molar-refractivity contribution in [3.63, 3.8) is 0 Å². The van der Waals surface area contributed by atoms with E-state index >= 15 is 0 Å². The summed E-state index contributed by atoms with van der Waals surface area (Å²) in [6, 6.07) is 7.87. The first-order valence-corrected chi connectivity index (χ1v) is 8.60. The van der Waals surface area contributed by atoms with Crippen molar-refractivity contribution < 1.29 is 9.53 Å². The molecule has 5 nitrogen and oxygen atoms in total. The van der Waals surface area contributed by atoms with Gasteiger partial charge in [0.05, 0.1) is 18.5 Å². The first kappa shape index (κ1) is 17.4. The minimum Gasteiger partial charge on any atom is -0.497 e. The van der Waals surface area contributed by atoms with Gasteiger partial charge < -0.3 is 9.64 Å². The average molecular weight is 339 g/mol. The summed E-state index contributed by atoms with van der Waals surface area (Å²) in [5, 5.41) is 0. The zero-order chi connectivity index (χ0) is 18.2. The molecule has 1 aromatic carbocycles. The monoisotopic (exact) mass is 339 g/mol. The summed E-state index contributed by atoms with van der Waals surface area (Å²) in [5.41, 5.74) is 3.66. The highest BCUT2D eigenvalue weighted by molar-refractivity contribution is 5.82. The maximum atomic E-state index is 12.7. The van der Waals surface area contributed by atoms with E-state index in [1.54, 1.807) is 7.11 Å². The van der Waals surface area contributed by atoms with Gasteiger partial charge >= 0.3 is 0 Å². The number of ether oxygens (including phenoxy) is 1. The van der Waals surface area contributed by atoms with E-state index in [0.717, 1.165) is 40.5 Å². The van der Waals surface area contributed by atoms with E-state index in [2.05, 4.69) is 9.97 Å². The van der Waals surface area contributed by atoms with Gasteiger partial charge in [0.1, 0.15) is 11.6 Å². The van der Waals surface area contributed by atoms with E-state index in [-0.39, 0.29) is 11.3 Å². The summed E-state index contributed by atoms with van der Waals surface area (Å²) in [5.74, 6) is 1.74. The first-order chi connectivity index (χ1) is 11.8. The molecular weight excluding hydrogens is 314 g/mol. The van der Waals surface area contributed by atoms with E-state index in [4.69, 9.17) is 4.74 Å². The molecule has 5 heteroatoms. The fraction of sp³-hybridized carbons (Fsp3) is 0.450. The number of amides is 1. The van der Waals surface area contributed by atoms with Crippen LogP contribution in [0.25, 0.3) is 11.3 Å². The summed E-state index contributed by atoms with van der Waals surface area (Å²) < 4.78 is 5.24. The number of nitrogens with zero attached hydrogens (tertiary/aromatic N) is 3. The Balaban J connectivity index is 2.01. The van der Waals surface area contributed by atoms with E-state index in [1.165, 1.54) is 0 Å². The molecular formula is C20H25N3O2. The number of benzene rings is 1. The minimum absolute atomic E-state index is 0.166. The van der Waals surface area contributed by atoms with Gasteiger partial charge in [-0.1, -0.05) is 20.8 Å². The fourth-order valence-electron chi connectivity index (χ4n) is 3.17. The Labute approximate surface area is 149 Å². The van der Waals surface area contributed by atoms with E-state index in [1.807, 2.05) is 56.9 Å². The zero-order valence-electron chi connectivity index (χ0n) is 15.6. The molecule has 0 fully saturated rings. The number of carbonyl (C=O) groups is 1. The Morgan fingerprint density at radius 3 is 2.44 bits per heavy atom. The summed E-state index contributed by atoms with van der Waals surface area (Å²) in [4.78, 5) is 23.9. The van der Waals surface area contributed by atoms with Crippen LogP contribution in [-0.4, -0.2) is 34.4 Å². The van der Waals surface area contributed by atoms with Gasteiger partial charge in [0, 0.05) is 36.1 Å². The second kappa shape index (κ2) is 6.47. The molecule has 0 atom stereocenters. The van der Waals surface area contributed by atoms with Crippen molar-refractivity contribution in [2.45, 2.75) is 40.7 Å². The van der Waals surface area contributed by atoms with Crippen molar-refractivity contribution in [1.82, 2.24) is 14.9 Å². The Hall–Kier alpha value is -2.43. The lowest BCUT2D eigenvalue weighted by Crippen LogP contribution is -2.42. The molecule has 0 radical (unpaired) electrons. The van der Waals surface area contributed by atoms with Crippen molar-refractivity contribution in [2.24, 2.45) is 5.41 Å². The van der Waals surface area contributed by atoms with Gasteiger partial charge in [-0.25, -0.2) is 9.97 Å². The fourth-order valence-corrected chi connectivity index (χ4v) is 3.17. The Morgan fingerprint density at radius 1 is 1.16 bits per heavy atom. The van der Waals surface area contributed by atoms with Crippen LogP contribution in [0.1, 0.15) is 37.9 Å². The van der Waals surface area contributed by atoms with Crippen LogP contribution >= 0.6 is 0 Å². The molecule has 0 aliphatic carbocycles. The maximum Gasteiger partial charge on any atom is 0.228 e. The molecule has 0 bridgehead atoms. The molecule has 3 rings (SSSR count). The van der Waals surface area contributed by atoms with Crippen LogP contribution in [-0.2, 0) is 17.8 Å². The third-order valence-corrected chi connectivity index (χ3v) is 4.46. The lowest BCUT2D eigenvalue weighted by molar-refractivity contribution is -0.140. The van der Waals surface area contributed by atoms with Crippen LogP contribution in [0.3, 0.4) is 0 Å². The predicted molar refractivity (Wildman–Crippen MR) is 97.3 cm³/mol. The SMILES string of the molecule is COc1ccc(-c2nc(C)nc3c2CN(C(=O)C(C)(C)C)CC3)cc1. The average Bonchev–Trinajstić information content (AvgIpc) is 2.59. The minimum atomic E-state index is -0.386. The second-order valence-electron chi connectivity index (χ2n) is 7.50. The van der Waals surface area contributed by atoms with Crippen molar-refractivity contribution in [3.05, 3.63) is 41.3 Å². The lowest BCUT2D eigenvalue weighted by Gasteiger charge is -2.34. The highest BCUT2D eigenvalue weighted by Gasteiger charge is 2.31. The molecule has 0 saturated heterocycles. The van der Waals surface area contributed by atoms with Crippen LogP contribution in [0.5, 0.6) is 5.75 Å². The molecule has 0 N–H and O–H groups in total. The molecule has 0 unspecified atom stereocenters. The van der Waals surface area contributed by atoms with Gasteiger partial charge in [0.15, 0.2) is 0 Å². The molecule has 132 valence electrons. The molecule has 25 heavy (non-hydrogen) atoms. The molecule has 2 aromatic rings. The number of fused-ring (bicyclic) bond motifs is 1. The Morgan fingerprint density at radius 2 is 1.84 bits per heavy atom. The summed E-state index contributed by atoms with van der Waals surface area (Å²) in [6.45, 7) is 9.07. The summed E-state index contributed by atoms with van der Waals surface area (Å²) >= 11 is 0. The normalized spacial score (nSPS) is 14.2. The number of rotatable bonds is 2. The Kier molecular flexibility index (Phi) is 4.50. The van der Waals surface area contributed by atoms with E-state index in [9.17, 15) is 4.79 Å². The standard InChI is InChI=1S/C20H25N3O2/c1-13-21-17-10-11-23(19(24)20(2,3)4)12-16(17)18(22-13)14-6-8-15(25-5)9-7-14/h6-9H,10-12H2,1-5H3. The number of aromatic nitrogens is 2. The number of carbonyl (C=O) groups excluding carboxylic acids is 1. The smallest absolute Gasteiger partial charge is 0.228 e. The highest BCUT2D eigenvalue weighted by atomic mass is 16.5. The second-order valence-corrected chi connectivity index (χ2v) is 7.50. The van der Waals surface area contributed by atoms with Crippen molar-refractivity contribution in [3.8, 4) is 17.0 Å². The van der Waals surface area contributed by atoms with Gasteiger partial charge in [0.25, 0.3) is 0 Å². The largest absolute Gasteiger partial charge is 0.497 e. The molecule has 1 aromatic heterocycles. The van der Waals surface area contributed by atoms with Crippen molar-refractivity contribution in [2.75, 3.05) is 13.7 Å². The number of hydrogen-bond donors (Lipinski definition) is 0. The topological polar surface area (TPSA) is 55.3 Å². The molecule has 1 amide bonds. The molecule has 2 heterocycles. The quantitative estimate of drug-likeness (QED) is 0.841. The van der Waals surface area contributed by atoms with Gasteiger partial charge in [-0.15, -0.1) is 0 Å². The molecule has 1 aliphatic heterocycles. The van der Waals surface area contributed by atoms with Crippen molar-refractivity contribution in [1.29, 1.82) is 0 Å². The highest BCUT2D eigenvalue weighted by Crippen LogP contribution is 2.31. The number of hydrogen-bond acceptors (Lipinski definition) is 4. The number of aryl methyl sites for hydroxylation is 1. The third kappa shape index (κ3) is 3.50. The van der Waals surface area contributed by atoms with Crippen LogP contribution in [0.15, 0.2) is 24.3 Å². The third-order valence-electron chi connectivity index (χ3n) is 4.46. The van der Waals surface area contributed by atoms with Gasteiger partial charge in [-0.05, 0) is 31.2 Å². The molecule has 1 aliphatic rings. The van der Waals surface area contributed by atoms with Crippen LogP contribution in [0.2, 0.25) is 0 Å². The molecule has 0 saturated carbocycles. The van der Waals surface area contributed by atoms with Crippen molar-refractivity contribution >= 4 is 5.91 Å². The zero-order valence-corrected chi connectivity index (χ0v) is 15.6. The number of methoxy groups -OCH3 is 1. The van der Waals surface area contributed by atoms with Crippen LogP contribution in [0.4, 0.5) is 0 Å². The van der Waals surface area contributed by atoms with E-state index in [0.29, 0.717) is 13.1 Å². The lowest BCUT2D eigenvalue weighted by atomic mass is 9.92.